The third-order valence-corrected chi connectivity index (χ3v) is 4.99. The first-order chi connectivity index (χ1) is 9.65. The lowest BCUT2D eigenvalue weighted by Crippen LogP contribution is -2.36. The van der Waals surface area contributed by atoms with E-state index in [0.717, 1.165) is 18.4 Å². The van der Waals surface area contributed by atoms with Gasteiger partial charge < -0.3 is 10.1 Å². The lowest BCUT2D eigenvalue weighted by Gasteiger charge is -2.18. The molecule has 110 valence electrons. The number of benzene rings is 1. The summed E-state index contributed by atoms with van der Waals surface area (Å²) in [4.78, 5) is 0. The van der Waals surface area contributed by atoms with Crippen molar-refractivity contribution in [3.05, 3.63) is 27.2 Å². The van der Waals surface area contributed by atoms with Crippen LogP contribution in [0, 0.1) is 11.8 Å². The average Bonchev–Trinajstić information content (AvgIpc) is 3.26. The van der Waals surface area contributed by atoms with Gasteiger partial charge in [-0.05, 0) is 43.6 Å². The topological polar surface area (TPSA) is 21.3 Å². The molecule has 0 saturated heterocycles. The van der Waals surface area contributed by atoms with Crippen LogP contribution >= 0.6 is 34.8 Å². The van der Waals surface area contributed by atoms with E-state index in [0.29, 0.717) is 33.5 Å². The molecule has 1 aromatic carbocycles. The van der Waals surface area contributed by atoms with Crippen molar-refractivity contribution in [3.8, 4) is 5.75 Å². The summed E-state index contributed by atoms with van der Waals surface area (Å²) in [5.41, 5.74) is 0. The Labute approximate surface area is 134 Å². The van der Waals surface area contributed by atoms with E-state index >= 15 is 0 Å². The molecule has 0 heterocycles. The average molecular weight is 335 g/mol. The van der Waals surface area contributed by atoms with Crippen molar-refractivity contribution in [1.82, 2.24) is 5.32 Å². The largest absolute Gasteiger partial charge is 0.491 e. The number of ether oxygens (including phenoxy) is 1. The van der Waals surface area contributed by atoms with Crippen LogP contribution in [0.5, 0.6) is 5.75 Å². The second kappa shape index (κ2) is 6.31. The summed E-state index contributed by atoms with van der Waals surface area (Å²) >= 11 is 17.9. The molecule has 5 heteroatoms. The molecule has 2 aliphatic rings. The first-order valence-corrected chi connectivity index (χ1v) is 8.29. The van der Waals surface area contributed by atoms with E-state index < -0.39 is 0 Å². The van der Waals surface area contributed by atoms with Crippen molar-refractivity contribution in [2.75, 3.05) is 13.2 Å². The van der Waals surface area contributed by atoms with Crippen LogP contribution in [0.2, 0.25) is 15.1 Å². The molecular weight excluding hydrogens is 317 g/mol. The summed E-state index contributed by atoms with van der Waals surface area (Å²) < 4.78 is 5.69. The summed E-state index contributed by atoms with van der Waals surface area (Å²) in [6, 6.07) is 3.99. The smallest absolute Gasteiger partial charge is 0.139 e. The van der Waals surface area contributed by atoms with Gasteiger partial charge in [-0.1, -0.05) is 34.8 Å². The van der Waals surface area contributed by atoms with Gasteiger partial charge in [-0.25, -0.2) is 0 Å². The first-order valence-electron chi connectivity index (χ1n) is 7.16. The predicted molar refractivity (Wildman–Crippen MR) is 84.2 cm³/mol. The fourth-order valence-electron chi connectivity index (χ4n) is 2.63. The number of nitrogens with one attached hydrogen (secondary N) is 1. The van der Waals surface area contributed by atoms with Crippen LogP contribution in [0.1, 0.15) is 25.7 Å². The quantitative estimate of drug-likeness (QED) is 0.571. The monoisotopic (exact) mass is 333 g/mol. The molecule has 2 nitrogen and oxygen atoms in total. The molecule has 2 fully saturated rings. The number of rotatable bonds is 7. The molecule has 0 spiro atoms. The molecule has 0 aliphatic heterocycles. The van der Waals surface area contributed by atoms with E-state index in [1.165, 1.54) is 25.7 Å². The van der Waals surface area contributed by atoms with Crippen molar-refractivity contribution in [2.24, 2.45) is 11.8 Å². The first kappa shape index (κ1) is 14.8. The highest BCUT2D eigenvalue weighted by molar-refractivity contribution is 6.43. The maximum absolute atomic E-state index is 6.08. The Morgan fingerprint density at radius 2 is 1.60 bits per heavy atom. The summed E-state index contributed by atoms with van der Waals surface area (Å²) in [5.74, 6) is 2.39. The van der Waals surface area contributed by atoms with Crippen LogP contribution in [0.15, 0.2) is 12.1 Å². The Morgan fingerprint density at radius 3 is 2.20 bits per heavy atom. The Balaban J connectivity index is 1.46. The van der Waals surface area contributed by atoms with Gasteiger partial charge >= 0.3 is 0 Å². The number of halogens is 3. The number of hydrogen-bond acceptors (Lipinski definition) is 2. The van der Waals surface area contributed by atoms with E-state index in [-0.39, 0.29) is 0 Å². The van der Waals surface area contributed by atoms with Gasteiger partial charge in [0.2, 0.25) is 0 Å². The van der Waals surface area contributed by atoms with E-state index in [1.807, 2.05) is 0 Å². The van der Waals surface area contributed by atoms with E-state index in [1.54, 1.807) is 12.1 Å². The van der Waals surface area contributed by atoms with Gasteiger partial charge in [-0.3, -0.25) is 0 Å². The van der Waals surface area contributed by atoms with Crippen LogP contribution in [0.25, 0.3) is 0 Å². The second-order valence-corrected chi connectivity index (χ2v) is 6.92. The van der Waals surface area contributed by atoms with Gasteiger partial charge in [0.15, 0.2) is 0 Å². The Bertz CT molecular complexity index is 474. The van der Waals surface area contributed by atoms with Gasteiger partial charge in [-0.2, -0.15) is 0 Å². The lowest BCUT2D eigenvalue weighted by molar-refractivity contribution is 0.294. The SMILES string of the molecule is Clc1cc(Cl)c(OCCNC(C2CC2)C2CC2)cc1Cl. The van der Waals surface area contributed by atoms with E-state index in [9.17, 15) is 0 Å². The molecule has 1 aromatic rings. The highest BCUT2D eigenvalue weighted by atomic mass is 35.5. The molecule has 0 atom stereocenters. The number of hydrogen-bond donors (Lipinski definition) is 1. The molecule has 1 N–H and O–H groups in total. The van der Waals surface area contributed by atoms with Crippen molar-refractivity contribution in [2.45, 2.75) is 31.7 Å². The molecule has 0 aromatic heterocycles. The molecule has 2 saturated carbocycles. The fourth-order valence-corrected chi connectivity index (χ4v) is 3.22. The van der Waals surface area contributed by atoms with Crippen LogP contribution < -0.4 is 10.1 Å². The molecule has 2 aliphatic carbocycles. The molecular formula is C15H18Cl3NO. The normalized spacial score (nSPS) is 18.6. The summed E-state index contributed by atoms with van der Waals surface area (Å²) in [6.07, 6.45) is 5.53. The third kappa shape index (κ3) is 3.73. The zero-order valence-corrected chi connectivity index (χ0v) is 13.4. The fraction of sp³-hybridized carbons (Fsp3) is 0.600. The minimum absolute atomic E-state index is 0.449. The molecule has 3 rings (SSSR count). The Morgan fingerprint density at radius 1 is 1.00 bits per heavy atom. The van der Waals surface area contributed by atoms with Gasteiger partial charge in [0.05, 0.1) is 15.1 Å². The summed E-state index contributed by atoms with van der Waals surface area (Å²) in [6.45, 7) is 1.43. The lowest BCUT2D eigenvalue weighted by atomic mass is 10.1. The van der Waals surface area contributed by atoms with Crippen molar-refractivity contribution in [1.29, 1.82) is 0 Å². The van der Waals surface area contributed by atoms with Crippen LogP contribution in [0.3, 0.4) is 0 Å². The Hall–Kier alpha value is -0.150. The van der Waals surface area contributed by atoms with Crippen molar-refractivity contribution < 1.29 is 4.74 Å². The maximum atomic E-state index is 6.08. The second-order valence-electron chi connectivity index (χ2n) is 5.70. The molecule has 0 bridgehead atoms. The van der Waals surface area contributed by atoms with E-state index in [4.69, 9.17) is 39.5 Å². The zero-order chi connectivity index (χ0) is 14.1. The van der Waals surface area contributed by atoms with Crippen molar-refractivity contribution >= 4 is 34.8 Å². The minimum Gasteiger partial charge on any atom is -0.491 e. The maximum Gasteiger partial charge on any atom is 0.139 e. The minimum atomic E-state index is 0.449. The molecule has 0 amide bonds. The predicted octanol–water partition coefficient (Wildman–Crippen LogP) is 4.80. The molecule has 0 radical (unpaired) electrons. The van der Waals surface area contributed by atoms with Gasteiger partial charge in [0, 0.05) is 18.7 Å². The van der Waals surface area contributed by atoms with Crippen molar-refractivity contribution in [3.63, 3.8) is 0 Å². The zero-order valence-electron chi connectivity index (χ0n) is 11.2. The summed E-state index contributed by atoms with van der Waals surface area (Å²) in [7, 11) is 0. The van der Waals surface area contributed by atoms with Crippen LogP contribution in [0.4, 0.5) is 0 Å². The van der Waals surface area contributed by atoms with E-state index in [2.05, 4.69) is 5.32 Å². The highest BCUT2D eigenvalue weighted by Gasteiger charge is 2.40. The standard InChI is InChI=1S/C15H18Cl3NO/c16-11-7-13(18)14(8-12(11)17)20-6-5-19-15(9-1-2-9)10-3-4-10/h7-10,15,19H,1-6H2. The molecule has 20 heavy (non-hydrogen) atoms. The van der Waals surface area contributed by atoms with Gasteiger partial charge in [0.25, 0.3) is 0 Å². The third-order valence-electron chi connectivity index (χ3n) is 3.97. The van der Waals surface area contributed by atoms with Crippen LogP contribution in [-0.4, -0.2) is 19.2 Å². The highest BCUT2D eigenvalue weighted by Crippen LogP contribution is 2.44. The van der Waals surface area contributed by atoms with Gasteiger partial charge in [-0.15, -0.1) is 0 Å². The Kier molecular flexibility index (Phi) is 4.66. The summed E-state index contributed by atoms with van der Waals surface area (Å²) in [5, 5.41) is 5.05. The molecule has 0 unspecified atom stereocenters. The van der Waals surface area contributed by atoms with Crippen LogP contribution in [-0.2, 0) is 0 Å². The van der Waals surface area contributed by atoms with Gasteiger partial charge in [0.1, 0.15) is 12.4 Å².